The molecule has 148 valence electrons. The second-order valence-corrected chi connectivity index (χ2v) is 9.87. The van der Waals surface area contributed by atoms with E-state index in [2.05, 4.69) is 95.0 Å². The van der Waals surface area contributed by atoms with Gasteiger partial charge in [-0.05, 0) is 38.5 Å². The average molecular weight is 370 g/mol. The second-order valence-electron chi connectivity index (χ2n) is 9.87. The average Bonchev–Trinajstić information content (AvgIpc) is 2.53. The zero-order valence-electron chi connectivity index (χ0n) is 18.4. The Hall–Kier alpha value is -2.17. The fourth-order valence-corrected chi connectivity index (χ4v) is 2.39. The minimum Gasteiger partial charge on any atom is -0.380 e. The van der Waals surface area contributed by atoms with E-state index < -0.39 is 0 Å². The van der Waals surface area contributed by atoms with Gasteiger partial charge in [-0.25, -0.2) is 4.98 Å². The molecule has 0 radical (unpaired) electrons. The summed E-state index contributed by atoms with van der Waals surface area (Å²) in [6, 6.07) is 8.24. The predicted molar refractivity (Wildman–Crippen MR) is 115 cm³/mol. The van der Waals surface area contributed by atoms with Crippen molar-refractivity contribution < 1.29 is 0 Å². The molecule has 0 unspecified atom stereocenters. The van der Waals surface area contributed by atoms with Crippen LogP contribution in [0, 0.1) is 0 Å². The lowest BCUT2D eigenvalue weighted by molar-refractivity contribution is 0.498. The molecule has 2 N–H and O–H groups in total. The highest BCUT2D eigenvalue weighted by atomic mass is 15.2. The van der Waals surface area contributed by atoms with Crippen LogP contribution in [0.5, 0.6) is 0 Å². The van der Waals surface area contributed by atoms with Crippen molar-refractivity contribution in [2.45, 2.75) is 85.1 Å². The lowest BCUT2D eigenvalue weighted by atomic mass is 9.93. The van der Waals surface area contributed by atoms with Crippen molar-refractivity contribution in [3.63, 3.8) is 0 Å². The molecule has 5 heteroatoms. The number of aromatic nitrogens is 3. The highest BCUT2D eigenvalue weighted by Gasteiger charge is 2.25. The Labute approximate surface area is 164 Å². The molecule has 0 saturated carbocycles. The standard InChI is InChI=1S/C22H35N5/c1-10-22(8,9)27-16-13-11-12-15(14-16)23-19-25-17(20(2,3)4)24-18(26-19)21(5,6)7/h11-14,27H,10H2,1-9H3,(H,23,24,25,26). The van der Waals surface area contributed by atoms with Crippen LogP contribution in [-0.2, 0) is 10.8 Å². The van der Waals surface area contributed by atoms with E-state index in [0.29, 0.717) is 5.95 Å². The second kappa shape index (κ2) is 7.45. The minimum absolute atomic E-state index is 0.0462. The van der Waals surface area contributed by atoms with Gasteiger partial charge in [0.05, 0.1) is 0 Å². The number of hydrogen-bond acceptors (Lipinski definition) is 5. The Kier molecular flexibility index (Phi) is 5.83. The first-order valence-electron chi connectivity index (χ1n) is 9.72. The summed E-state index contributed by atoms with van der Waals surface area (Å²) in [6.07, 6.45) is 1.04. The predicted octanol–water partition coefficient (Wildman–Crippen LogP) is 5.81. The lowest BCUT2D eigenvalue weighted by Crippen LogP contribution is -2.29. The zero-order valence-corrected chi connectivity index (χ0v) is 18.4. The summed E-state index contributed by atoms with van der Waals surface area (Å²) in [4.78, 5) is 14.1. The van der Waals surface area contributed by atoms with Gasteiger partial charge in [0, 0.05) is 27.7 Å². The van der Waals surface area contributed by atoms with E-state index in [0.717, 1.165) is 29.4 Å². The molecular formula is C22H35N5. The Bertz CT molecular complexity index is 750. The van der Waals surface area contributed by atoms with Crippen LogP contribution >= 0.6 is 0 Å². The van der Waals surface area contributed by atoms with Gasteiger partial charge in [-0.3, -0.25) is 0 Å². The SMILES string of the molecule is CCC(C)(C)Nc1cccc(Nc2nc(C(C)(C)C)nc(C(C)(C)C)n2)c1. The maximum atomic E-state index is 4.72. The van der Waals surface area contributed by atoms with Crippen molar-refractivity contribution in [2.24, 2.45) is 0 Å². The number of rotatable bonds is 5. The highest BCUT2D eigenvalue weighted by Crippen LogP contribution is 2.27. The molecule has 0 aliphatic heterocycles. The van der Waals surface area contributed by atoms with Crippen LogP contribution in [0.2, 0.25) is 0 Å². The monoisotopic (exact) mass is 369 g/mol. The van der Waals surface area contributed by atoms with E-state index in [1.165, 1.54) is 0 Å². The number of nitrogens with zero attached hydrogens (tertiary/aromatic N) is 3. The van der Waals surface area contributed by atoms with E-state index in [4.69, 9.17) is 4.98 Å². The van der Waals surface area contributed by atoms with Gasteiger partial charge in [-0.2, -0.15) is 9.97 Å². The van der Waals surface area contributed by atoms with E-state index in [9.17, 15) is 0 Å². The first-order valence-corrected chi connectivity index (χ1v) is 9.72. The fraction of sp³-hybridized carbons (Fsp3) is 0.591. The molecule has 2 aromatic rings. The van der Waals surface area contributed by atoms with E-state index in [1.54, 1.807) is 0 Å². The number of benzene rings is 1. The van der Waals surface area contributed by atoms with Crippen LogP contribution in [0.25, 0.3) is 0 Å². The van der Waals surface area contributed by atoms with E-state index in [1.807, 2.05) is 12.1 Å². The quantitative estimate of drug-likeness (QED) is 0.696. The molecule has 2 rings (SSSR count). The summed E-state index contributed by atoms with van der Waals surface area (Å²) in [7, 11) is 0. The molecule has 1 heterocycles. The number of anilines is 3. The van der Waals surface area contributed by atoms with Crippen LogP contribution in [0.3, 0.4) is 0 Å². The van der Waals surface area contributed by atoms with Crippen LogP contribution in [0.1, 0.15) is 80.4 Å². The van der Waals surface area contributed by atoms with Gasteiger partial charge in [0.1, 0.15) is 11.6 Å². The van der Waals surface area contributed by atoms with Crippen molar-refractivity contribution in [1.82, 2.24) is 15.0 Å². The molecule has 0 atom stereocenters. The van der Waals surface area contributed by atoms with E-state index in [-0.39, 0.29) is 16.4 Å². The molecule has 0 aliphatic carbocycles. The molecule has 0 saturated heterocycles. The largest absolute Gasteiger partial charge is 0.380 e. The van der Waals surface area contributed by atoms with Gasteiger partial charge in [0.15, 0.2) is 0 Å². The number of nitrogens with one attached hydrogen (secondary N) is 2. The topological polar surface area (TPSA) is 62.7 Å². The Morgan fingerprint density at radius 3 is 1.78 bits per heavy atom. The van der Waals surface area contributed by atoms with Gasteiger partial charge < -0.3 is 10.6 Å². The van der Waals surface area contributed by atoms with Crippen LogP contribution in [0.15, 0.2) is 24.3 Å². The van der Waals surface area contributed by atoms with E-state index >= 15 is 0 Å². The minimum atomic E-state index is -0.145. The molecule has 1 aromatic carbocycles. The van der Waals surface area contributed by atoms with Gasteiger partial charge in [-0.1, -0.05) is 54.5 Å². The summed E-state index contributed by atoms with van der Waals surface area (Å²) >= 11 is 0. The van der Waals surface area contributed by atoms with Gasteiger partial charge >= 0.3 is 0 Å². The molecular weight excluding hydrogens is 334 g/mol. The molecule has 0 amide bonds. The van der Waals surface area contributed by atoms with Crippen molar-refractivity contribution in [1.29, 1.82) is 0 Å². The Balaban J connectivity index is 2.37. The van der Waals surface area contributed by atoms with Crippen LogP contribution < -0.4 is 10.6 Å². The first kappa shape index (κ1) is 21.1. The summed E-state index contributed by atoms with van der Waals surface area (Å²) in [5, 5.41) is 6.94. The maximum absolute atomic E-state index is 4.72. The Morgan fingerprint density at radius 1 is 0.778 bits per heavy atom. The summed E-state index contributed by atoms with van der Waals surface area (Å²) in [6.45, 7) is 19.3. The third kappa shape index (κ3) is 5.91. The van der Waals surface area contributed by atoms with Crippen molar-refractivity contribution in [2.75, 3.05) is 10.6 Å². The molecule has 0 spiro atoms. The molecule has 0 bridgehead atoms. The molecule has 1 aromatic heterocycles. The smallest absolute Gasteiger partial charge is 0.230 e. The van der Waals surface area contributed by atoms with Crippen molar-refractivity contribution >= 4 is 17.3 Å². The number of hydrogen-bond donors (Lipinski definition) is 2. The molecule has 0 aliphatic rings. The highest BCUT2D eigenvalue weighted by molar-refractivity contribution is 5.61. The third-order valence-electron chi connectivity index (χ3n) is 4.46. The summed E-state index contributed by atoms with van der Waals surface area (Å²) in [5.41, 5.74) is 1.79. The third-order valence-corrected chi connectivity index (χ3v) is 4.46. The lowest BCUT2D eigenvalue weighted by Gasteiger charge is -2.26. The summed E-state index contributed by atoms with van der Waals surface area (Å²) in [5.74, 6) is 2.18. The van der Waals surface area contributed by atoms with Gasteiger partial charge in [0.2, 0.25) is 5.95 Å². The summed E-state index contributed by atoms with van der Waals surface area (Å²) < 4.78 is 0. The molecule has 27 heavy (non-hydrogen) atoms. The normalized spacial score (nSPS) is 12.8. The van der Waals surface area contributed by atoms with Crippen LogP contribution in [0.4, 0.5) is 17.3 Å². The molecule has 0 fully saturated rings. The van der Waals surface area contributed by atoms with Crippen LogP contribution in [-0.4, -0.2) is 20.5 Å². The fourth-order valence-electron chi connectivity index (χ4n) is 2.39. The van der Waals surface area contributed by atoms with Crippen molar-refractivity contribution in [3.05, 3.63) is 35.9 Å². The molecule has 5 nitrogen and oxygen atoms in total. The maximum Gasteiger partial charge on any atom is 0.230 e. The first-order chi connectivity index (χ1) is 12.3. The van der Waals surface area contributed by atoms with Gasteiger partial charge in [0.25, 0.3) is 0 Å². The Morgan fingerprint density at radius 2 is 1.30 bits per heavy atom. The van der Waals surface area contributed by atoms with Gasteiger partial charge in [-0.15, -0.1) is 0 Å². The van der Waals surface area contributed by atoms with Crippen molar-refractivity contribution in [3.8, 4) is 0 Å². The zero-order chi connectivity index (χ0) is 20.5.